The first-order chi connectivity index (χ1) is 14.8. The van der Waals surface area contributed by atoms with Gasteiger partial charge in [0.1, 0.15) is 5.75 Å². The predicted molar refractivity (Wildman–Crippen MR) is 128 cm³/mol. The van der Waals surface area contributed by atoms with Crippen molar-refractivity contribution in [3.8, 4) is 5.75 Å². The molecule has 0 aliphatic carbocycles. The number of rotatable bonds is 9. The van der Waals surface area contributed by atoms with Crippen molar-refractivity contribution >= 4 is 45.1 Å². The smallest absolute Gasteiger partial charge is 0.307 e. The first-order valence-corrected chi connectivity index (χ1v) is 11.3. The molecule has 0 unspecified atom stereocenters. The lowest BCUT2D eigenvalue weighted by atomic mass is 10.2. The lowest BCUT2D eigenvalue weighted by Crippen LogP contribution is -2.43. The standard InChI is InChI=1S/C23H27BrN2O4S/c1-4-29-21(27)12-13-26(15-17-8-6-5-7-9-17)23(31)25-22(28)19-14-18(24)10-11-20(19)30-16(2)3/h5-11,14,16H,4,12-13,15H2,1-3H3,(H,25,28,31). The zero-order chi connectivity index (χ0) is 22.8. The van der Waals surface area contributed by atoms with E-state index in [1.165, 1.54) is 0 Å². The Hall–Kier alpha value is -2.45. The third-order valence-corrected chi connectivity index (χ3v) is 5.02. The largest absolute Gasteiger partial charge is 0.490 e. The Labute approximate surface area is 197 Å². The van der Waals surface area contributed by atoms with Crippen LogP contribution in [-0.2, 0) is 16.1 Å². The van der Waals surface area contributed by atoms with Gasteiger partial charge in [-0.15, -0.1) is 0 Å². The first-order valence-electron chi connectivity index (χ1n) is 10.1. The van der Waals surface area contributed by atoms with Crippen LogP contribution in [-0.4, -0.2) is 41.1 Å². The number of hydrogen-bond donors (Lipinski definition) is 1. The Morgan fingerprint density at radius 1 is 1.16 bits per heavy atom. The van der Waals surface area contributed by atoms with E-state index in [2.05, 4.69) is 21.2 Å². The van der Waals surface area contributed by atoms with Crippen LogP contribution in [0.5, 0.6) is 5.75 Å². The Morgan fingerprint density at radius 3 is 2.52 bits per heavy atom. The molecule has 2 rings (SSSR count). The average Bonchev–Trinajstić information content (AvgIpc) is 2.72. The molecule has 0 saturated carbocycles. The third-order valence-electron chi connectivity index (χ3n) is 4.16. The fourth-order valence-corrected chi connectivity index (χ4v) is 3.41. The highest BCUT2D eigenvalue weighted by Crippen LogP contribution is 2.24. The maximum Gasteiger partial charge on any atom is 0.307 e. The fraction of sp³-hybridized carbons (Fsp3) is 0.348. The van der Waals surface area contributed by atoms with E-state index in [0.29, 0.717) is 31.0 Å². The van der Waals surface area contributed by atoms with E-state index < -0.39 is 0 Å². The van der Waals surface area contributed by atoms with Crippen molar-refractivity contribution in [2.24, 2.45) is 0 Å². The zero-order valence-electron chi connectivity index (χ0n) is 17.9. The van der Waals surface area contributed by atoms with Crippen LogP contribution in [0, 0.1) is 0 Å². The molecular weight excluding hydrogens is 480 g/mol. The number of hydrogen-bond acceptors (Lipinski definition) is 5. The van der Waals surface area contributed by atoms with Crippen molar-refractivity contribution in [1.29, 1.82) is 0 Å². The molecular formula is C23H27BrN2O4S. The quantitative estimate of drug-likeness (QED) is 0.392. The number of nitrogens with one attached hydrogen (secondary N) is 1. The van der Waals surface area contributed by atoms with Gasteiger partial charge in [-0.05, 0) is 56.8 Å². The van der Waals surface area contributed by atoms with Crippen LogP contribution in [0.15, 0.2) is 53.0 Å². The van der Waals surface area contributed by atoms with Gasteiger partial charge in [0.2, 0.25) is 0 Å². The van der Waals surface area contributed by atoms with Crippen molar-refractivity contribution in [2.75, 3.05) is 13.2 Å². The predicted octanol–water partition coefficient (Wildman–Crippen LogP) is 4.71. The maximum atomic E-state index is 13.0. The summed E-state index contributed by atoms with van der Waals surface area (Å²) < 4.78 is 11.5. The van der Waals surface area contributed by atoms with E-state index in [-0.39, 0.29) is 29.5 Å². The Morgan fingerprint density at radius 2 is 1.87 bits per heavy atom. The van der Waals surface area contributed by atoms with Crippen LogP contribution in [0.25, 0.3) is 0 Å². The van der Waals surface area contributed by atoms with Gasteiger partial charge in [-0.25, -0.2) is 0 Å². The molecule has 1 N–H and O–H groups in total. The lowest BCUT2D eigenvalue weighted by molar-refractivity contribution is -0.143. The molecule has 0 bridgehead atoms. The molecule has 6 nitrogen and oxygen atoms in total. The Kier molecular flexibility index (Phi) is 9.94. The molecule has 31 heavy (non-hydrogen) atoms. The van der Waals surface area contributed by atoms with Crippen LogP contribution >= 0.6 is 28.1 Å². The number of thiocarbonyl (C=S) groups is 1. The van der Waals surface area contributed by atoms with E-state index in [0.717, 1.165) is 10.0 Å². The van der Waals surface area contributed by atoms with Crippen LogP contribution < -0.4 is 10.1 Å². The van der Waals surface area contributed by atoms with E-state index in [1.807, 2.05) is 50.2 Å². The molecule has 0 radical (unpaired) electrons. The highest BCUT2D eigenvalue weighted by Gasteiger charge is 2.19. The number of carbonyl (C=O) groups excluding carboxylic acids is 2. The molecule has 0 spiro atoms. The second-order valence-electron chi connectivity index (χ2n) is 7.03. The van der Waals surface area contributed by atoms with Gasteiger partial charge in [0, 0.05) is 17.6 Å². The van der Waals surface area contributed by atoms with Gasteiger partial charge >= 0.3 is 5.97 Å². The third kappa shape index (κ3) is 8.30. The summed E-state index contributed by atoms with van der Waals surface area (Å²) in [5.41, 5.74) is 1.38. The summed E-state index contributed by atoms with van der Waals surface area (Å²) in [6, 6.07) is 15.0. The molecule has 0 aliphatic heterocycles. The SMILES string of the molecule is CCOC(=O)CCN(Cc1ccccc1)C(=S)NC(=O)c1cc(Br)ccc1OC(C)C. The normalized spacial score (nSPS) is 10.5. The molecule has 0 saturated heterocycles. The number of esters is 1. The topological polar surface area (TPSA) is 67.9 Å². The van der Waals surface area contributed by atoms with E-state index >= 15 is 0 Å². The number of ether oxygens (including phenoxy) is 2. The minimum Gasteiger partial charge on any atom is -0.490 e. The van der Waals surface area contributed by atoms with Crippen molar-refractivity contribution in [2.45, 2.75) is 39.8 Å². The van der Waals surface area contributed by atoms with Crippen LogP contribution in [0.3, 0.4) is 0 Å². The minimum absolute atomic E-state index is 0.0844. The minimum atomic E-state index is -0.379. The molecule has 0 aliphatic rings. The Bertz CT molecular complexity index is 906. The second kappa shape index (κ2) is 12.4. The summed E-state index contributed by atoms with van der Waals surface area (Å²) in [7, 11) is 0. The van der Waals surface area contributed by atoms with E-state index in [1.54, 1.807) is 24.0 Å². The van der Waals surface area contributed by atoms with Crippen LogP contribution in [0.4, 0.5) is 0 Å². The molecule has 0 atom stereocenters. The highest BCUT2D eigenvalue weighted by atomic mass is 79.9. The van der Waals surface area contributed by atoms with Gasteiger partial charge in [0.05, 0.1) is 24.7 Å². The molecule has 166 valence electrons. The maximum absolute atomic E-state index is 13.0. The molecule has 2 aromatic carbocycles. The van der Waals surface area contributed by atoms with Gasteiger partial charge < -0.3 is 14.4 Å². The van der Waals surface area contributed by atoms with Gasteiger partial charge in [-0.1, -0.05) is 46.3 Å². The number of carbonyl (C=O) groups is 2. The molecule has 0 heterocycles. The van der Waals surface area contributed by atoms with Crippen molar-refractivity contribution in [3.05, 3.63) is 64.1 Å². The van der Waals surface area contributed by atoms with Crippen molar-refractivity contribution in [3.63, 3.8) is 0 Å². The monoisotopic (exact) mass is 506 g/mol. The van der Waals surface area contributed by atoms with E-state index in [9.17, 15) is 9.59 Å². The van der Waals surface area contributed by atoms with Crippen LogP contribution in [0.2, 0.25) is 0 Å². The zero-order valence-corrected chi connectivity index (χ0v) is 20.3. The molecule has 2 aromatic rings. The van der Waals surface area contributed by atoms with Gasteiger partial charge in [0.25, 0.3) is 5.91 Å². The molecule has 0 aromatic heterocycles. The highest BCUT2D eigenvalue weighted by molar-refractivity contribution is 9.10. The summed E-state index contributed by atoms with van der Waals surface area (Å²) in [5.74, 6) is -0.218. The first kappa shape index (κ1) is 24.8. The summed E-state index contributed by atoms with van der Waals surface area (Å²) in [6.07, 6.45) is 0.0776. The van der Waals surface area contributed by atoms with Gasteiger partial charge in [0.15, 0.2) is 5.11 Å². The van der Waals surface area contributed by atoms with Gasteiger partial charge in [-0.2, -0.15) is 0 Å². The van der Waals surface area contributed by atoms with Crippen molar-refractivity contribution < 1.29 is 19.1 Å². The number of benzene rings is 2. The molecule has 0 fully saturated rings. The number of halogens is 1. The summed E-state index contributed by atoms with van der Waals surface area (Å²) in [6.45, 7) is 6.64. The van der Waals surface area contributed by atoms with Gasteiger partial charge in [-0.3, -0.25) is 14.9 Å². The Balaban J connectivity index is 2.17. The fourth-order valence-electron chi connectivity index (χ4n) is 2.80. The lowest BCUT2D eigenvalue weighted by Gasteiger charge is -2.25. The summed E-state index contributed by atoms with van der Waals surface area (Å²) in [5, 5.41) is 3.01. The van der Waals surface area contributed by atoms with Crippen molar-refractivity contribution in [1.82, 2.24) is 10.2 Å². The summed E-state index contributed by atoms with van der Waals surface area (Å²) in [4.78, 5) is 26.6. The average molecular weight is 507 g/mol. The van der Waals surface area contributed by atoms with E-state index in [4.69, 9.17) is 21.7 Å². The second-order valence-corrected chi connectivity index (χ2v) is 8.33. The number of amides is 1. The molecule has 1 amide bonds. The summed E-state index contributed by atoms with van der Waals surface area (Å²) >= 11 is 8.92. The number of nitrogens with zero attached hydrogens (tertiary/aromatic N) is 1. The van der Waals surface area contributed by atoms with Crippen LogP contribution in [0.1, 0.15) is 43.1 Å². The molecule has 8 heteroatoms.